The third kappa shape index (κ3) is 17.5. The molecule has 0 bridgehead atoms. The number of nitrogens with zero attached hydrogens (tertiary/aromatic N) is 6. The van der Waals surface area contributed by atoms with Crippen molar-refractivity contribution in [1.29, 1.82) is 15.8 Å². The average molecular weight is 916 g/mol. The Morgan fingerprint density at radius 2 is 0.418 bits per heavy atom. The Labute approximate surface area is 350 Å². The molecule has 297 valence electrons. The summed E-state index contributed by atoms with van der Waals surface area (Å²) in [7, 11) is 0. The molecule has 0 spiro atoms. The summed E-state index contributed by atoms with van der Waals surface area (Å²) in [6.07, 6.45) is 0. The first-order valence-electron chi connectivity index (χ1n) is 17.7. The summed E-state index contributed by atoms with van der Waals surface area (Å²) in [6, 6.07) is 18.6. The van der Waals surface area contributed by atoms with Crippen LogP contribution in [0.15, 0.2) is 54.6 Å². The summed E-state index contributed by atoms with van der Waals surface area (Å²) >= 11 is 0. The number of hydrogen-bond donors (Lipinski definition) is 0. The van der Waals surface area contributed by atoms with E-state index in [2.05, 4.69) is 194 Å². The van der Waals surface area contributed by atoms with Gasteiger partial charge in [0, 0.05) is 20.1 Å². The molecule has 0 aromatic heterocycles. The van der Waals surface area contributed by atoms with Crippen LogP contribution >= 0.6 is 0 Å². The molecular weight excluding hydrogens is 853 g/mol. The van der Waals surface area contributed by atoms with Gasteiger partial charge in [-0.25, -0.2) is 14.5 Å². The zero-order valence-electron chi connectivity index (χ0n) is 36.7. The fourth-order valence-electron chi connectivity index (χ4n) is 5.62. The topological polar surface area (TPSA) is 84.5 Å². The molecule has 0 unspecified atom stereocenters. The van der Waals surface area contributed by atoms with Crippen molar-refractivity contribution in [3.63, 3.8) is 0 Å². The fraction of sp³-hybridized carbons (Fsp3) is 0.500. The molecule has 0 atom stereocenters. The smallest absolute Gasteiger partial charge is 0.194 e. The summed E-state index contributed by atoms with van der Waals surface area (Å²) in [4.78, 5) is 11.3. The minimum atomic E-state index is 0. The molecule has 3 aromatic rings. The molecule has 0 heterocycles. The quantitative estimate of drug-likeness (QED) is 0.211. The standard InChI is InChI=1S/3C15H21N.3CN.Ir/c3*1-14(2,3)11-9-8-10-12(13(11)16-7)15(4,5)6;3*1-2;/h3*8-10H,1-6H3;;;;/q;;;3*-1;. The summed E-state index contributed by atoms with van der Waals surface area (Å²) in [5, 5.41) is 18.8. The Bertz CT molecular complexity index is 1520. The number of benzene rings is 3. The maximum atomic E-state index is 7.41. The molecule has 6 nitrogen and oxygen atoms in total. The van der Waals surface area contributed by atoms with Gasteiger partial charge in [-0.3, -0.25) is 0 Å². The van der Waals surface area contributed by atoms with E-state index in [1.807, 2.05) is 0 Å². The minimum absolute atomic E-state index is 0. The first-order valence-corrected chi connectivity index (χ1v) is 17.7. The van der Waals surface area contributed by atoms with Crippen molar-refractivity contribution < 1.29 is 20.1 Å². The summed E-state index contributed by atoms with van der Waals surface area (Å²) < 4.78 is 0. The van der Waals surface area contributed by atoms with E-state index >= 15 is 0 Å². The van der Waals surface area contributed by atoms with Gasteiger partial charge in [0.25, 0.3) is 0 Å². The van der Waals surface area contributed by atoms with Gasteiger partial charge in [-0.05, 0) is 65.9 Å². The monoisotopic (exact) mass is 916 g/mol. The Balaban J connectivity index is -0.000000328. The summed E-state index contributed by atoms with van der Waals surface area (Å²) in [5.74, 6) is 0. The molecule has 0 amide bonds. The van der Waals surface area contributed by atoms with Gasteiger partial charge in [0.1, 0.15) is 0 Å². The Kier molecular flexibility index (Phi) is 24.1. The predicted octanol–water partition coefficient (Wildman–Crippen LogP) is 14.8. The van der Waals surface area contributed by atoms with Gasteiger partial charge in [0.05, 0.1) is 19.7 Å². The molecule has 0 saturated heterocycles. The summed E-state index contributed by atoms with van der Waals surface area (Å²) in [5.41, 5.74) is 9.57. The van der Waals surface area contributed by atoms with Crippen LogP contribution < -0.4 is 0 Å². The van der Waals surface area contributed by atoms with Gasteiger partial charge in [0.2, 0.25) is 0 Å². The van der Waals surface area contributed by atoms with Crippen LogP contribution in [0.1, 0.15) is 158 Å². The van der Waals surface area contributed by atoms with Crippen LogP contribution in [0, 0.1) is 55.2 Å². The largest absolute Gasteiger partial charge is 0.512 e. The Morgan fingerprint density at radius 1 is 0.309 bits per heavy atom. The van der Waals surface area contributed by atoms with Crippen LogP contribution in [0.25, 0.3) is 14.5 Å². The molecule has 3 rings (SSSR count). The minimum Gasteiger partial charge on any atom is -0.512 e. The summed E-state index contributed by atoms with van der Waals surface area (Å²) in [6.45, 7) is 75.3. The van der Waals surface area contributed by atoms with Crippen LogP contribution in [0.5, 0.6) is 0 Å². The number of hydrogen-bond acceptors (Lipinski definition) is 3. The molecule has 0 saturated carbocycles. The number of rotatable bonds is 0. The molecule has 0 aliphatic rings. The van der Waals surface area contributed by atoms with E-state index in [1.165, 1.54) is 0 Å². The van der Waals surface area contributed by atoms with Crippen molar-refractivity contribution in [3.8, 4) is 0 Å². The second-order valence-electron chi connectivity index (χ2n) is 18.9. The predicted molar refractivity (Wildman–Crippen MR) is 225 cm³/mol. The van der Waals surface area contributed by atoms with Crippen molar-refractivity contribution in [2.75, 3.05) is 0 Å². The van der Waals surface area contributed by atoms with Crippen LogP contribution in [-0.4, -0.2) is 0 Å². The second kappa shape index (κ2) is 23.2. The van der Waals surface area contributed by atoms with Crippen molar-refractivity contribution in [2.45, 2.75) is 157 Å². The molecule has 0 aliphatic carbocycles. The first kappa shape index (κ1) is 57.0. The number of para-hydroxylation sites is 3. The molecule has 0 fully saturated rings. The van der Waals surface area contributed by atoms with E-state index in [-0.39, 0.29) is 52.6 Å². The molecule has 3 aromatic carbocycles. The Morgan fingerprint density at radius 3 is 0.491 bits per heavy atom. The van der Waals surface area contributed by atoms with Crippen molar-refractivity contribution in [1.82, 2.24) is 0 Å². The van der Waals surface area contributed by atoms with Crippen molar-refractivity contribution in [2.24, 2.45) is 0 Å². The third-order valence-corrected chi connectivity index (χ3v) is 8.29. The maximum absolute atomic E-state index is 7.41. The normalized spacial score (nSPS) is 10.9. The third-order valence-electron chi connectivity index (χ3n) is 8.29. The maximum Gasteiger partial charge on any atom is 0.194 e. The van der Waals surface area contributed by atoms with Gasteiger partial charge < -0.3 is 35.5 Å². The van der Waals surface area contributed by atoms with E-state index < -0.39 is 0 Å². The van der Waals surface area contributed by atoms with Crippen LogP contribution in [-0.2, 0) is 52.6 Å². The second-order valence-corrected chi connectivity index (χ2v) is 18.9. The van der Waals surface area contributed by atoms with Gasteiger partial charge in [0.15, 0.2) is 17.1 Å². The van der Waals surface area contributed by atoms with E-state index in [9.17, 15) is 0 Å². The molecule has 55 heavy (non-hydrogen) atoms. The van der Waals surface area contributed by atoms with Crippen molar-refractivity contribution in [3.05, 3.63) is 142 Å². The molecular formula is C48H63IrN6-3. The van der Waals surface area contributed by atoms with Crippen molar-refractivity contribution >= 4 is 17.1 Å². The molecule has 0 aliphatic heterocycles. The van der Waals surface area contributed by atoms with Crippen LogP contribution in [0.3, 0.4) is 0 Å². The van der Waals surface area contributed by atoms with E-state index in [4.69, 9.17) is 55.2 Å². The Hall–Kier alpha value is -4.75. The van der Waals surface area contributed by atoms with E-state index in [0.717, 1.165) is 50.4 Å². The van der Waals surface area contributed by atoms with Crippen LogP contribution in [0.4, 0.5) is 17.1 Å². The zero-order valence-corrected chi connectivity index (χ0v) is 39.1. The van der Waals surface area contributed by atoms with Gasteiger partial charge in [-0.15, -0.1) is 0 Å². The molecule has 1 radical (unpaired) electrons. The van der Waals surface area contributed by atoms with E-state index in [0.29, 0.717) is 0 Å². The van der Waals surface area contributed by atoms with Gasteiger partial charge >= 0.3 is 0 Å². The first-order chi connectivity index (χ1) is 24.5. The fourth-order valence-corrected chi connectivity index (χ4v) is 5.62. The van der Waals surface area contributed by atoms with Gasteiger partial charge in [-0.2, -0.15) is 0 Å². The van der Waals surface area contributed by atoms with Crippen LogP contribution in [0.2, 0.25) is 0 Å². The molecule has 7 heteroatoms. The average Bonchev–Trinajstić information content (AvgIpc) is 3.08. The van der Waals surface area contributed by atoms with Gasteiger partial charge in [-0.1, -0.05) is 179 Å². The zero-order chi connectivity index (χ0) is 43.7. The van der Waals surface area contributed by atoms with E-state index in [1.54, 1.807) is 0 Å². The molecule has 0 N–H and O–H groups in total. The SMILES string of the molecule is [C-]#N.[C-]#N.[C-]#N.[C-]#[N+]c1c(C(C)(C)C)cccc1C(C)(C)C.[C-]#[N+]c1c(C(C)(C)C)cccc1C(C)(C)C.[C-]#[N+]c1c(C(C)(C)C)cccc1C(C)(C)C.[Ir].